The van der Waals surface area contributed by atoms with E-state index in [2.05, 4.69) is 18.9 Å². The first kappa shape index (κ1) is 10.4. The van der Waals surface area contributed by atoms with Crippen LogP contribution in [0.15, 0.2) is 0 Å². The number of rotatable bonds is 3. The number of hydrogen-bond acceptors (Lipinski definition) is 2. The Morgan fingerprint density at radius 1 is 1.14 bits per heavy atom. The maximum absolute atomic E-state index is 9.95. The molecule has 0 bridgehead atoms. The van der Waals surface area contributed by atoms with Crippen LogP contribution in [-0.2, 0) is 0 Å². The average molecular weight is 197 g/mol. The highest BCUT2D eigenvalue weighted by Crippen LogP contribution is 2.36. The third kappa shape index (κ3) is 2.12. The second-order valence-electron chi connectivity index (χ2n) is 5.16. The maximum Gasteiger partial charge on any atom is 0.0695 e. The molecule has 2 saturated carbocycles. The van der Waals surface area contributed by atoms with E-state index in [9.17, 15) is 5.11 Å². The molecule has 82 valence electrons. The second kappa shape index (κ2) is 4.19. The molecule has 1 N–H and O–H groups in total. The molecule has 0 radical (unpaired) electrons. The van der Waals surface area contributed by atoms with Crippen molar-refractivity contribution in [2.75, 3.05) is 7.05 Å². The van der Waals surface area contributed by atoms with Gasteiger partial charge in [-0.25, -0.2) is 0 Å². The molecule has 2 nitrogen and oxygen atoms in total. The van der Waals surface area contributed by atoms with Crippen molar-refractivity contribution in [3.05, 3.63) is 0 Å². The molecule has 0 amide bonds. The van der Waals surface area contributed by atoms with Crippen molar-refractivity contribution in [2.24, 2.45) is 5.92 Å². The third-order valence-corrected chi connectivity index (χ3v) is 4.16. The van der Waals surface area contributed by atoms with E-state index in [1.807, 2.05) is 0 Å². The predicted molar refractivity (Wildman–Crippen MR) is 58.2 cm³/mol. The molecule has 2 heteroatoms. The number of aliphatic hydroxyl groups excluding tert-OH is 1. The van der Waals surface area contributed by atoms with E-state index in [-0.39, 0.29) is 6.10 Å². The molecule has 2 aliphatic carbocycles. The summed E-state index contributed by atoms with van der Waals surface area (Å²) in [7, 11) is 2.20. The normalized spacial score (nSPS) is 36.0. The van der Waals surface area contributed by atoms with Crippen molar-refractivity contribution >= 4 is 0 Å². The molecule has 3 unspecified atom stereocenters. The van der Waals surface area contributed by atoms with Crippen molar-refractivity contribution in [3.8, 4) is 0 Å². The van der Waals surface area contributed by atoms with Crippen LogP contribution in [0, 0.1) is 5.92 Å². The Hall–Kier alpha value is -0.0800. The van der Waals surface area contributed by atoms with Gasteiger partial charge in [-0.3, -0.25) is 4.90 Å². The summed E-state index contributed by atoms with van der Waals surface area (Å²) >= 11 is 0. The van der Waals surface area contributed by atoms with Gasteiger partial charge in [-0.15, -0.1) is 0 Å². The fraction of sp³-hybridized carbons (Fsp3) is 1.00. The molecule has 14 heavy (non-hydrogen) atoms. The lowest BCUT2D eigenvalue weighted by Gasteiger charge is -2.38. The highest BCUT2D eigenvalue weighted by molar-refractivity contribution is 4.90. The Bertz CT molecular complexity index is 191. The summed E-state index contributed by atoms with van der Waals surface area (Å²) in [5.74, 6) is 0.911. The fourth-order valence-electron chi connectivity index (χ4n) is 2.78. The van der Waals surface area contributed by atoms with Crippen molar-refractivity contribution in [1.82, 2.24) is 4.90 Å². The molecule has 0 aromatic heterocycles. The monoisotopic (exact) mass is 197 g/mol. The molecule has 0 saturated heterocycles. The zero-order valence-electron chi connectivity index (χ0n) is 9.45. The highest BCUT2D eigenvalue weighted by Gasteiger charge is 2.36. The van der Waals surface area contributed by atoms with Crippen LogP contribution in [0.3, 0.4) is 0 Å². The van der Waals surface area contributed by atoms with Crippen LogP contribution in [0.1, 0.15) is 45.4 Å². The quantitative estimate of drug-likeness (QED) is 0.748. The number of aliphatic hydroxyl groups is 1. The molecule has 2 aliphatic rings. The van der Waals surface area contributed by atoms with Crippen LogP contribution in [0.25, 0.3) is 0 Å². The van der Waals surface area contributed by atoms with E-state index in [0.29, 0.717) is 12.1 Å². The largest absolute Gasteiger partial charge is 0.391 e. The lowest BCUT2D eigenvalue weighted by Crippen LogP contribution is -2.47. The van der Waals surface area contributed by atoms with Gasteiger partial charge in [0.25, 0.3) is 0 Å². The zero-order valence-corrected chi connectivity index (χ0v) is 9.45. The first-order valence-corrected chi connectivity index (χ1v) is 6.10. The van der Waals surface area contributed by atoms with Gasteiger partial charge in [0.15, 0.2) is 0 Å². The smallest absolute Gasteiger partial charge is 0.0695 e. The van der Waals surface area contributed by atoms with E-state index >= 15 is 0 Å². The van der Waals surface area contributed by atoms with Gasteiger partial charge >= 0.3 is 0 Å². The Kier molecular flexibility index (Phi) is 3.13. The summed E-state index contributed by atoms with van der Waals surface area (Å²) in [4.78, 5) is 2.43. The van der Waals surface area contributed by atoms with Gasteiger partial charge in [0, 0.05) is 12.1 Å². The Labute approximate surface area is 87.3 Å². The van der Waals surface area contributed by atoms with E-state index in [1.165, 1.54) is 32.1 Å². The Morgan fingerprint density at radius 2 is 1.79 bits per heavy atom. The van der Waals surface area contributed by atoms with Gasteiger partial charge in [0.2, 0.25) is 0 Å². The van der Waals surface area contributed by atoms with Gasteiger partial charge in [0.05, 0.1) is 6.10 Å². The van der Waals surface area contributed by atoms with E-state index in [4.69, 9.17) is 0 Å². The minimum absolute atomic E-state index is 0.0741. The van der Waals surface area contributed by atoms with Crippen molar-refractivity contribution < 1.29 is 5.11 Å². The average Bonchev–Trinajstić information content (AvgIpc) is 3.00. The highest BCUT2D eigenvalue weighted by atomic mass is 16.3. The van der Waals surface area contributed by atoms with Crippen molar-refractivity contribution in [2.45, 2.75) is 63.6 Å². The molecule has 0 aromatic rings. The first-order chi connectivity index (χ1) is 6.70. The van der Waals surface area contributed by atoms with Gasteiger partial charge in [-0.1, -0.05) is 12.8 Å². The minimum Gasteiger partial charge on any atom is -0.391 e. The van der Waals surface area contributed by atoms with E-state index in [1.54, 1.807) is 0 Å². The molecule has 2 rings (SSSR count). The topological polar surface area (TPSA) is 23.5 Å². The number of likely N-dealkylation sites (N-methyl/N-ethyl adjacent to an activating group) is 1. The lowest BCUT2D eigenvalue weighted by molar-refractivity contribution is 0.0119. The van der Waals surface area contributed by atoms with Crippen LogP contribution in [-0.4, -0.2) is 35.2 Å². The van der Waals surface area contributed by atoms with Gasteiger partial charge in [-0.05, 0) is 45.6 Å². The molecule has 2 fully saturated rings. The minimum atomic E-state index is -0.0741. The summed E-state index contributed by atoms with van der Waals surface area (Å²) in [5, 5.41) is 9.95. The Morgan fingerprint density at radius 3 is 2.36 bits per heavy atom. The van der Waals surface area contributed by atoms with Crippen molar-refractivity contribution in [3.63, 3.8) is 0 Å². The Balaban J connectivity index is 1.90. The lowest BCUT2D eigenvalue weighted by atomic mass is 9.90. The zero-order chi connectivity index (χ0) is 10.1. The van der Waals surface area contributed by atoms with Crippen LogP contribution in [0.4, 0.5) is 0 Å². The molecule has 0 spiro atoms. The first-order valence-electron chi connectivity index (χ1n) is 6.10. The number of hydrogen-bond donors (Lipinski definition) is 1. The maximum atomic E-state index is 9.95. The van der Waals surface area contributed by atoms with Crippen LogP contribution in [0.2, 0.25) is 0 Å². The van der Waals surface area contributed by atoms with Crippen LogP contribution in [0.5, 0.6) is 0 Å². The van der Waals surface area contributed by atoms with E-state index in [0.717, 1.165) is 12.3 Å². The molecule has 0 aromatic carbocycles. The third-order valence-electron chi connectivity index (χ3n) is 4.16. The second-order valence-corrected chi connectivity index (χ2v) is 5.16. The van der Waals surface area contributed by atoms with Crippen LogP contribution >= 0.6 is 0 Å². The van der Waals surface area contributed by atoms with Crippen LogP contribution < -0.4 is 0 Å². The molecular formula is C12H23NO. The number of nitrogens with zero attached hydrogens (tertiary/aromatic N) is 1. The standard InChI is InChI=1S/C12H23NO/c1-9(10-7-8-10)13(2)11-5-3-4-6-12(11)14/h9-12,14H,3-8H2,1-2H3. The molecule has 0 aliphatic heterocycles. The SMILES string of the molecule is CC(C1CC1)N(C)C1CCCCC1O. The van der Waals surface area contributed by atoms with Gasteiger partial charge in [-0.2, -0.15) is 0 Å². The van der Waals surface area contributed by atoms with Gasteiger partial charge in [0.1, 0.15) is 0 Å². The summed E-state index contributed by atoms with van der Waals surface area (Å²) in [6, 6.07) is 1.10. The molecule has 0 heterocycles. The van der Waals surface area contributed by atoms with E-state index < -0.39 is 0 Å². The molecular weight excluding hydrogens is 174 g/mol. The van der Waals surface area contributed by atoms with Gasteiger partial charge < -0.3 is 5.11 Å². The predicted octanol–water partition coefficient (Wildman–Crippen LogP) is 2.02. The summed E-state index contributed by atoms with van der Waals surface area (Å²) in [6.45, 7) is 2.32. The molecule has 3 atom stereocenters. The summed E-state index contributed by atoms with van der Waals surface area (Å²) in [5.41, 5.74) is 0. The van der Waals surface area contributed by atoms with Crippen molar-refractivity contribution in [1.29, 1.82) is 0 Å². The fourth-order valence-corrected chi connectivity index (χ4v) is 2.78. The summed E-state index contributed by atoms with van der Waals surface area (Å²) in [6.07, 6.45) is 7.42. The summed E-state index contributed by atoms with van der Waals surface area (Å²) < 4.78 is 0.